The van der Waals surface area contributed by atoms with Crippen LogP contribution in [0.15, 0.2) is 77.5 Å². The molecule has 0 spiro atoms. The number of aromatic nitrogens is 4. The maximum absolute atomic E-state index is 5.60. The summed E-state index contributed by atoms with van der Waals surface area (Å²) in [7, 11) is 3.26. The van der Waals surface area contributed by atoms with E-state index in [9.17, 15) is 0 Å². The monoisotopic (exact) mass is 539 g/mol. The number of ether oxygens (including phenoxy) is 2. The summed E-state index contributed by atoms with van der Waals surface area (Å²) in [6, 6.07) is 20.2. The molecule has 0 saturated carbocycles. The van der Waals surface area contributed by atoms with Crippen LogP contribution in [0.3, 0.4) is 0 Å². The summed E-state index contributed by atoms with van der Waals surface area (Å²) >= 11 is 0. The molecule has 206 valence electrons. The normalized spacial score (nSPS) is 14.4. The van der Waals surface area contributed by atoms with E-state index in [4.69, 9.17) is 29.0 Å². The zero-order valence-corrected chi connectivity index (χ0v) is 22.8. The highest BCUT2D eigenvalue weighted by atomic mass is 16.5. The van der Waals surface area contributed by atoms with Crippen molar-refractivity contribution in [1.29, 1.82) is 0 Å². The lowest BCUT2D eigenvalue weighted by Crippen LogP contribution is -2.45. The molecule has 1 aliphatic rings. The molecule has 4 heterocycles. The van der Waals surface area contributed by atoms with E-state index in [1.807, 2.05) is 36.5 Å². The van der Waals surface area contributed by atoms with Crippen molar-refractivity contribution in [2.75, 3.05) is 45.7 Å². The van der Waals surface area contributed by atoms with Crippen molar-refractivity contribution in [3.05, 3.63) is 89.8 Å². The summed E-state index contributed by atoms with van der Waals surface area (Å²) in [6.45, 7) is 6.28. The highest BCUT2D eigenvalue weighted by Crippen LogP contribution is 2.28. The lowest BCUT2D eigenvalue weighted by Gasteiger charge is -2.34. The average molecular weight is 540 g/mol. The Kier molecular flexibility index (Phi) is 7.60. The Morgan fingerprint density at radius 2 is 1.62 bits per heavy atom. The molecule has 0 amide bonds. The summed E-state index contributed by atoms with van der Waals surface area (Å²) in [5.74, 6) is 3.12. The molecule has 5 aromatic rings. The van der Waals surface area contributed by atoms with Crippen molar-refractivity contribution in [3.63, 3.8) is 0 Å². The van der Waals surface area contributed by atoms with E-state index in [1.54, 1.807) is 25.0 Å². The molecule has 2 aromatic carbocycles. The van der Waals surface area contributed by atoms with Gasteiger partial charge in [-0.2, -0.15) is 4.52 Å². The van der Waals surface area contributed by atoms with Gasteiger partial charge in [0.05, 0.1) is 20.5 Å². The van der Waals surface area contributed by atoms with Gasteiger partial charge >= 0.3 is 0 Å². The Bertz CT molecular complexity index is 1540. The number of hydrogen-bond donors (Lipinski definition) is 1. The first-order valence-corrected chi connectivity index (χ1v) is 13.4. The molecule has 1 fully saturated rings. The molecule has 0 aliphatic carbocycles. The van der Waals surface area contributed by atoms with Gasteiger partial charge in [0.2, 0.25) is 11.8 Å². The van der Waals surface area contributed by atoms with Crippen LogP contribution < -0.4 is 14.8 Å². The number of nitrogens with zero attached hydrogens (tertiary/aromatic N) is 6. The van der Waals surface area contributed by atoms with Gasteiger partial charge in [0, 0.05) is 57.6 Å². The van der Waals surface area contributed by atoms with Crippen molar-refractivity contribution in [1.82, 2.24) is 29.4 Å². The molecule has 1 saturated heterocycles. The van der Waals surface area contributed by atoms with Gasteiger partial charge in [-0.3, -0.25) is 9.80 Å². The number of fused-ring (bicyclic) bond motifs is 1. The van der Waals surface area contributed by atoms with Gasteiger partial charge < -0.3 is 19.2 Å². The first-order chi connectivity index (χ1) is 19.7. The van der Waals surface area contributed by atoms with E-state index in [2.05, 4.69) is 45.4 Å². The number of rotatable bonds is 10. The number of hydrogen-bond acceptors (Lipinski definition) is 9. The van der Waals surface area contributed by atoms with E-state index in [0.29, 0.717) is 35.6 Å². The Labute approximate surface area is 233 Å². The Hall–Kier alpha value is -4.41. The van der Waals surface area contributed by atoms with E-state index < -0.39 is 0 Å². The van der Waals surface area contributed by atoms with Gasteiger partial charge in [-0.25, -0.2) is 9.97 Å². The van der Waals surface area contributed by atoms with Gasteiger partial charge in [0.25, 0.3) is 0 Å². The summed E-state index contributed by atoms with van der Waals surface area (Å²) in [6.07, 6.45) is 3.54. The lowest BCUT2D eigenvalue weighted by molar-refractivity contribution is 0.122. The largest absolute Gasteiger partial charge is 0.493 e. The maximum Gasteiger partial charge on any atom is 0.226 e. The van der Waals surface area contributed by atoms with E-state index >= 15 is 0 Å². The molecule has 0 radical (unpaired) electrons. The van der Waals surface area contributed by atoms with Crippen LogP contribution >= 0.6 is 0 Å². The highest BCUT2D eigenvalue weighted by Gasteiger charge is 2.21. The molecule has 1 aliphatic heterocycles. The van der Waals surface area contributed by atoms with E-state index in [0.717, 1.165) is 56.0 Å². The Morgan fingerprint density at radius 3 is 2.35 bits per heavy atom. The fourth-order valence-electron chi connectivity index (χ4n) is 5.02. The molecule has 0 atom stereocenters. The van der Waals surface area contributed by atoms with Gasteiger partial charge in [-0.15, -0.1) is 5.10 Å². The number of methoxy groups -OCH3 is 2. The number of benzene rings is 2. The van der Waals surface area contributed by atoms with Gasteiger partial charge in [0.15, 0.2) is 22.9 Å². The molecule has 6 rings (SSSR count). The number of nitrogens with one attached hydrogen (secondary N) is 1. The average Bonchev–Trinajstić information content (AvgIpc) is 3.69. The third-order valence-electron chi connectivity index (χ3n) is 7.19. The van der Waals surface area contributed by atoms with Crippen molar-refractivity contribution in [3.8, 4) is 23.1 Å². The van der Waals surface area contributed by atoms with Crippen LogP contribution in [0.2, 0.25) is 0 Å². The molecule has 1 N–H and O–H groups in total. The maximum atomic E-state index is 5.60. The van der Waals surface area contributed by atoms with E-state index in [1.165, 1.54) is 5.56 Å². The fraction of sp³-hybridized carbons (Fsp3) is 0.300. The smallest absolute Gasteiger partial charge is 0.226 e. The van der Waals surface area contributed by atoms with E-state index in [-0.39, 0.29) is 0 Å². The third kappa shape index (κ3) is 5.63. The second-order valence-electron chi connectivity index (χ2n) is 9.84. The van der Waals surface area contributed by atoms with Crippen molar-refractivity contribution in [2.45, 2.75) is 19.6 Å². The van der Waals surface area contributed by atoms with Gasteiger partial charge in [0.1, 0.15) is 0 Å². The minimum atomic E-state index is 0.529. The van der Waals surface area contributed by atoms with Crippen LogP contribution in [-0.2, 0) is 19.6 Å². The van der Waals surface area contributed by atoms with Gasteiger partial charge in [-0.1, -0.05) is 36.4 Å². The summed E-state index contributed by atoms with van der Waals surface area (Å²) in [5, 5.41) is 8.17. The fourth-order valence-corrected chi connectivity index (χ4v) is 5.02. The van der Waals surface area contributed by atoms with Gasteiger partial charge in [-0.05, 0) is 35.4 Å². The van der Waals surface area contributed by atoms with Crippen molar-refractivity contribution < 1.29 is 13.9 Å². The molecular weight excluding hydrogens is 506 g/mol. The first kappa shape index (κ1) is 25.8. The molecule has 3 aromatic heterocycles. The highest BCUT2D eigenvalue weighted by molar-refractivity contribution is 5.58. The van der Waals surface area contributed by atoms with Crippen LogP contribution in [0, 0.1) is 0 Å². The zero-order valence-electron chi connectivity index (χ0n) is 22.8. The summed E-state index contributed by atoms with van der Waals surface area (Å²) in [4.78, 5) is 14.6. The van der Waals surface area contributed by atoms with Crippen LogP contribution in [0.25, 0.3) is 17.2 Å². The second kappa shape index (κ2) is 11.8. The molecular formula is C30H33N7O3. The van der Waals surface area contributed by atoms with Crippen molar-refractivity contribution in [2.24, 2.45) is 0 Å². The Morgan fingerprint density at radius 1 is 0.850 bits per heavy atom. The SMILES string of the molecule is COc1ccc(CNc2ncc(CN3CCN(Cc4ccccc4)CC3)c3nc(-c4ccco4)nn23)cc1OC. The quantitative estimate of drug-likeness (QED) is 0.278. The standard InChI is InChI=1S/C30H33N7O3/c1-38-25-11-10-23(17-27(25)39-2)18-31-30-32-19-24(29-33-28(34-37(29)30)26-9-6-16-40-26)21-36-14-12-35(13-15-36)20-22-7-4-3-5-8-22/h3-11,16-17,19H,12-15,18,20-21H2,1-2H3,(H,31,32). The molecule has 40 heavy (non-hydrogen) atoms. The number of anilines is 1. The van der Waals surface area contributed by atoms with Crippen LogP contribution in [0.5, 0.6) is 11.5 Å². The summed E-state index contributed by atoms with van der Waals surface area (Å²) in [5.41, 5.74) is 4.17. The minimum Gasteiger partial charge on any atom is -0.493 e. The Balaban J connectivity index is 1.20. The second-order valence-corrected chi connectivity index (χ2v) is 9.84. The minimum absolute atomic E-state index is 0.529. The number of piperazine rings is 1. The molecule has 10 nitrogen and oxygen atoms in total. The number of furan rings is 1. The first-order valence-electron chi connectivity index (χ1n) is 13.4. The zero-order chi connectivity index (χ0) is 27.3. The van der Waals surface area contributed by atoms with Crippen molar-refractivity contribution >= 4 is 11.6 Å². The lowest BCUT2D eigenvalue weighted by atomic mass is 10.2. The predicted molar refractivity (Wildman–Crippen MR) is 152 cm³/mol. The van der Waals surface area contributed by atoms with Crippen LogP contribution in [-0.4, -0.2) is 69.8 Å². The summed E-state index contributed by atoms with van der Waals surface area (Å²) < 4.78 is 18.2. The van der Waals surface area contributed by atoms with Crippen LogP contribution in [0.4, 0.5) is 5.95 Å². The molecule has 0 bridgehead atoms. The molecule has 10 heteroatoms. The predicted octanol–water partition coefficient (Wildman–Crippen LogP) is 4.33. The molecule has 0 unspecified atom stereocenters. The van der Waals surface area contributed by atoms with Crippen LogP contribution in [0.1, 0.15) is 16.7 Å². The topological polar surface area (TPSA) is 93.2 Å². The third-order valence-corrected chi connectivity index (χ3v) is 7.19.